The van der Waals surface area contributed by atoms with Crippen LogP contribution in [0.25, 0.3) is 0 Å². The molecule has 2 aromatic carbocycles. The lowest BCUT2D eigenvalue weighted by Gasteiger charge is -2.30. The van der Waals surface area contributed by atoms with Crippen molar-refractivity contribution in [3.05, 3.63) is 58.1 Å². The third kappa shape index (κ3) is 5.44. The summed E-state index contributed by atoms with van der Waals surface area (Å²) in [4.78, 5) is 25.3. The van der Waals surface area contributed by atoms with Crippen molar-refractivity contribution in [2.75, 3.05) is 28.6 Å². The van der Waals surface area contributed by atoms with Crippen molar-refractivity contribution < 1.29 is 22.9 Å². The molecule has 7 nitrogen and oxygen atoms in total. The third-order valence-electron chi connectivity index (χ3n) is 5.15. The van der Waals surface area contributed by atoms with Crippen molar-refractivity contribution in [1.29, 1.82) is 0 Å². The first-order chi connectivity index (χ1) is 14.7. The Morgan fingerprint density at radius 3 is 2.42 bits per heavy atom. The number of amides is 1. The van der Waals surface area contributed by atoms with Gasteiger partial charge in [-0.15, -0.1) is 0 Å². The van der Waals surface area contributed by atoms with Crippen LogP contribution in [0.4, 0.5) is 35.9 Å². The van der Waals surface area contributed by atoms with E-state index in [0.717, 1.165) is 50.2 Å². The molecule has 0 radical (unpaired) electrons. The van der Waals surface area contributed by atoms with E-state index in [0.29, 0.717) is 11.8 Å². The lowest BCUT2D eigenvalue weighted by atomic mass is 10.1. The Balaban J connectivity index is 1.75. The molecular weight excluding hydrogens is 413 g/mol. The number of rotatable bonds is 6. The van der Waals surface area contributed by atoms with Crippen LogP contribution in [-0.4, -0.2) is 30.0 Å². The van der Waals surface area contributed by atoms with E-state index in [1.54, 1.807) is 12.1 Å². The van der Waals surface area contributed by atoms with Gasteiger partial charge in [0.05, 0.1) is 21.9 Å². The van der Waals surface area contributed by atoms with Crippen molar-refractivity contribution >= 4 is 28.7 Å². The summed E-state index contributed by atoms with van der Waals surface area (Å²) in [6.45, 7) is 3.26. The second kappa shape index (κ2) is 9.23. The quantitative estimate of drug-likeness (QED) is 0.489. The number of anilines is 3. The predicted molar refractivity (Wildman–Crippen MR) is 112 cm³/mol. The van der Waals surface area contributed by atoms with E-state index in [1.807, 2.05) is 12.1 Å². The van der Waals surface area contributed by atoms with E-state index >= 15 is 0 Å². The molecule has 0 bridgehead atoms. The number of halogens is 3. The van der Waals surface area contributed by atoms with Crippen molar-refractivity contribution in [1.82, 2.24) is 0 Å². The van der Waals surface area contributed by atoms with Crippen LogP contribution in [0.15, 0.2) is 42.5 Å². The summed E-state index contributed by atoms with van der Waals surface area (Å²) >= 11 is 0. The number of benzene rings is 2. The van der Waals surface area contributed by atoms with E-state index in [4.69, 9.17) is 0 Å². The molecule has 31 heavy (non-hydrogen) atoms. The second-order valence-electron chi connectivity index (χ2n) is 7.41. The summed E-state index contributed by atoms with van der Waals surface area (Å²) in [6.07, 6.45) is -1.40. The molecule has 10 heteroatoms. The van der Waals surface area contributed by atoms with Crippen LogP contribution >= 0.6 is 0 Å². The number of nitrogens with zero attached hydrogens (tertiary/aromatic N) is 2. The third-order valence-corrected chi connectivity index (χ3v) is 5.15. The molecule has 1 aliphatic rings. The lowest BCUT2D eigenvalue weighted by molar-refractivity contribution is -0.384. The van der Waals surface area contributed by atoms with Crippen LogP contribution in [0.5, 0.6) is 0 Å². The molecule has 0 aliphatic carbocycles. The smallest absolute Gasteiger partial charge is 0.370 e. The van der Waals surface area contributed by atoms with Gasteiger partial charge in [0.25, 0.3) is 5.69 Å². The fraction of sp³-hybridized carbons (Fsp3) is 0.381. The van der Waals surface area contributed by atoms with Gasteiger partial charge in [-0.1, -0.05) is 12.1 Å². The maximum Gasteiger partial charge on any atom is 0.416 e. The van der Waals surface area contributed by atoms with Gasteiger partial charge in [0.2, 0.25) is 5.91 Å². The van der Waals surface area contributed by atoms with Crippen LogP contribution < -0.4 is 15.5 Å². The second-order valence-corrected chi connectivity index (χ2v) is 7.41. The van der Waals surface area contributed by atoms with E-state index < -0.39 is 34.3 Å². The maximum absolute atomic E-state index is 12.9. The topological polar surface area (TPSA) is 87.5 Å². The molecular formula is C21H23F3N4O3. The summed E-state index contributed by atoms with van der Waals surface area (Å²) in [5, 5.41) is 16.7. The molecule has 1 saturated heterocycles. The molecule has 0 saturated carbocycles. The van der Waals surface area contributed by atoms with Gasteiger partial charge in [0.1, 0.15) is 11.7 Å². The zero-order valence-corrected chi connectivity index (χ0v) is 16.9. The van der Waals surface area contributed by atoms with Crippen molar-refractivity contribution in [3.8, 4) is 0 Å². The Kier molecular flexibility index (Phi) is 6.67. The van der Waals surface area contributed by atoms with Gasteiger partial charge in [-0.05, 0) is 50.5 Å². The van der Waals surface area contributed by atoms with Crippen molar-refractivity contribution in [2.45, 2.75) is 38.4 Å². The van der Waals surface area contributed by atoms with Gasteiger partial charge in [-0.25, -0.2) is 0 Å². The minimum absolute atomic E-state index is 0.162. The Hall–Kier alpha value is -3.30. The molecule has 3 rings (SSSR count). The molecule has 1 heterocycles. The van der Waals surface area contributed by atoms with Gasteiger partial charge in [0.15, 0.2) is 0 Å². The standard InChI is InChI=1S/C21H23F3N4O3/c1-14(25-17-10-9-15(21(22,23)24)13-19(17)28(30)31)20(29)26-16-7-3-4-8-18(16)27-11-5-2-6-12-27/h3-4,7-10,13-14,25H,2,5-6,11-12H2,1H3,(H,26,29)/t14-/m0/s1. The Morgan fingerprint density at radius 2 is 1.77 bits per heavy atom. The summed E-state index contributed by atoms with van der Waals surface area (Å²) in [7, 11) is 0. The minimum atomic E-state index is -4.70. The van der Waals surface area contributed by atoms with Gasteiger partial charge >= 0.3 is 6.18 Å². The van der Waals surface area contributed by atoms with Crippen LogP contribution in [-0.2, 0) is 11.0 Å². The van der Waals surface area contributed by atoms with Gasteiger partial charge in [-0.2, -0.15) is 13.2 Å². The van der Waals surface area contributed by atoms with Crippen molar-refractivity contribution in [3.63, 3.8) is 0 Å². The van der Waals surface area contributed by atoms with Crippen LogP contribution in [0.1, 0.15) is 31.7 Å². The number of carbonyl (C=O) groups is 1. The Labute approximate surface area is 177 Å². The summed E-state index contributed by atoms with van der Waals surface area (Å²) < 4.78 is 38.6. The molecule has 0 aromatic heterocycles. The highest BCUT2D eigenvalue weighted by Gasteiger charge is 2.33. The van der Waals surface area contributed by atoms with Crippen LogP contribution in [0.3, 0.4) is 0 Å². The number of nitrogens with one attached hydrogen (secondary N) is 2. The van der Waals surface area contributed by atoms with Gasteiger partial charge < -0.3 is 15.5 Å². The number of para-hydroxylation sites is 2. The van der Waals surface area contributed by atoms with E-state index in [1.165, 1.54) is 6.92 Å². The highest BCUT2D eigenvalue weighted by Crippen LogP contribution is 2.35. The zero-order valence-electron chi connectivity index (χ0n) is 16.9. The molecule has 1 aliphatic heterocycles. The average molecular weight is 436 g/mol. The number of hydrogen-bond donors (Lipinski definition) is 2. The minimum Gasteiger partial charge on any atom is -0.370 e. The molecule has 2 aromatic rings. The van der Waals surface area contributed by atoms with E-state index in [2.05, 4.69) is 15.5 Å². The SMILES string of the molecule is C[C@H](Nc1ccc(C(F)(F)F)cc1[N+](=O)[O-])C(=O)Nc1ccccc1N1CCCCC1. The Morgan fingerprint density at radius 1 is 1.10 bits per heavy atom. The molecule has 1 atom stereocenters. The normalized spacial score (nSPS) is 15.3. The average Bonchev–Trinajstić information content (AvgIpc) is 2.74. The fourth-order valence-electron chi connectivity index (χ4n) is 3.51. The molecule has 0 unspecified atom stereocenters. The molecule has 1 amide bonds. The molecule has 2 N–H and O–H groups in total. The first-order valence-electron chi connectivity index (χ1n) is 9.94. The number of alkyl halides is 3. The number of nitro groups is 1. The predicted octanol–water partition coefficient (Wildman–Crippen LogP) is 5.04. The monoisotopic (exact) mass is 436 g/mol. The summed E-state index contributed by atoms with van der Waals surface area (Å²) in [6, 6.07) is 8.60. The maximum atomic E-state index is 12.9. The first kappa shape index (κ1) is 22.4. The summed E-state index contributed by atoms with van der Waals surface area (Å²) in [5.74, 6) is -0.460. The van der Waals surface area contributed by atoms with Gasteiger partial charge in [0, 0.05) is 19.2 Å². The Bertz CT molecular complexity index is 959. The lowest BCUT2D eigenvalue weighted by Crippen LogP contribution is -2.34. The summed E-state index contributed by atoms with van der Waals surface area (Å²) in [5.41, 5.74) is -0.529. The number of carbonyl (C=O) groups excluding carboxylic acids is 1. The van der Waals surface area contributed by atoms with E-state index in [-0.39, 0.29) is 5.69 Å². The molecule has 1 fully saturated rings. The first-order valence-corrected chi connectivity index (χ1v) is 9.94. The van der Waals surface area contributed by atoms with Crippen LogP contribution in [0, 0.1) is 10.1 Å². The molecule has 166 valence electrons. The number of nitro benzene ring substituents is 1. The van der Waals surface area contributed by atoms with E-state index in [9.17, 15) is 28.1 Å². The van der Waals surface area contributed by atoms with Crippen LogP contribution in [0.2, 0.25) is 0 Å². The molecule has 0 spiro atoms. The number of piperidine rings is 1. The largest absolute Gasteiger partial charge is 0.416 e. The van der Waals surface area contributed by atoms with Crippen molar-refractivity contribution in [2.24, 2.45) is 0 Å². The zero-order chi connectivity index (χ0) is 22.6. The number of hydrogen-bond acceptors (Lipinski definition) is 5. The highest BCUT2D eigenvalue weighted by atomic mass is 19.4. The van der Waals surface area contributed by atoms with Gasteiger partial charge in [-0.3, -0.25) is 14.9 Å². The fourth-order valence-corrected chi connectivity index (χ4v) is 3.51. The highest BCUT2D eigenvalue weighted by molar-refractivity contribution is 5.99.